The van der Waals surface area contributed by atoms with E-state index in [0.29, 0.717) is 11.1 Å². The molecule has 0 saturated carbocycles. The predicted molar refractivity (Wildman–Crippen MR) is 75.9 cm³/mol. The van der Waals surface area contributed by atoms with Crippen molar-refractivity contribution in [1.29, 1.82) is 0 Å². The Morgan fingerprint density at radius 1 is 1.09 bits per heavy atom. The van der Waals surface area contributed by atoms with Crippen molar-refractivity contribution < 1.29 is 22.3 Å². The van der Waals surface area contributed by atoms with Gasteiger partial charge in [-0.05, 0) is 29.3 Å². The fourth-order valence-corrected chi connectivity index (χ4v) is 2.72. The number of hydrogen-bond acceptors (Lipinski definition) is 3. The molecule has 0 radical (unpaired) electrons. The lowest BCUT2D eigenvalue weighted by Crippen LogP contribution is -2.04. The van der Waals surface area contributed by atoms with E-state index in [-0.39, 0.29) is 10.6 Å². The third-order valence-electron chi connectivity index (χ3n) is 3.01. The maximum atomic E-state index is 12.5. The molecular formula is C14H10F3NO3S. The topological polar surface area (TPSA) is 60.2 Å². The maximum Gasteiger partial charge on any atom is 0.416 e. The van der Waals surface area contributed by atoms with Gasteiger partial charge in [-0.1, -0.05) is 12.1 Å². The van der Waals surface area contributed by atoms with Crippen molar-refractivity contribution in [3.05, 3.63) is 58.1 Å². The minimum atomic E-state index is -4.44. The molecule has 0 amide bonds. The molecule has 0 spiro atoms. The van der Waals surface area contributed by atoms with Gasteiger partial charge in [-0.25, -0.2) is 0 Å². The van der Waals surface area contributed by atoms with Crippen LogP contribution in [0.1, 0.15) is 5.56 Å². The molecular weight excluding hydrogens is 319 g/mol. The maximum absolute atomic E-state index is 12.5. The fraction of sp³-hybridized carbons (Fsp3) is 0.143. The van der Waals surface area contributed by atoms with Crippen LogP contribution in [0, 0.1) is 10.1 Å². The molecule has 0 aliphatic rings. The number of non-ortho nitro benzene ring substituents is 1. The van der Waals surface area contributed by atoms with Gasteiger partial charge in [-0.15, -0.1) is 0 Å². The molecule has 4 nitrogen and oxygen atoms in total. The second kappa shape index (κ2) is 5.88. The van der Waals surface area contributed by atoms with E-state index < -0.39 is 27.5 Å². The quantitative estimate of drug-likeness (QED) is 0.631. The SMILES string of the molecule is CS(=O)c1cc([N+](=O)[O-])ccc1-c1ccc(C(F)(F)F)cc1. The number of benzene rings is 2. The van der Waals surface area contributed by atoms with Gasteiger partial charge in [-0.3, -0.25) is 14.3 Å². The average Bonchev–Trinajstić information content (AvgIpc) is 2.45. The lowest BCUT2D eigenvalue weighted by Gasteiger charge is -2.10. The van der Waals surface area contributed by atoms with E-state index in [1.165, 1.54) is 36.6 Å². The van der Waals surface area contributed by atoms with Crippen LogP contribution in [0.4, 0.5) is 18.9 Å². The summed E-state index contributed by atoms with van der Waals surface area (Å²) in [6.45, 7) is 0. The number of nitrogens with zero attached hydrogens (tertiary/aromatic N) is 1. The zero-order chi connectivity index (χ0) is 16.5. The van der Waals surface area contributed by atoms with Crippen molar-refractivity contribution in [3.8, 4) is 11.1 Å². The number of nitro groups is 1. The van der Waals surface area contributed by atoms with E-state index in [9.17, 15) is 27.5 Å². The molecule has 8 heteroatoms. The second-order valence-corrected chi connectivity index (χ2v) is 5.81. The molecule has 1 unspecified atom stereocenters. The van der Waals surface area contributed by atoms with Gasteiger partial charge in [0.1, 0.15) is 0 Å². The van der Waals surface area contributed by atoms with Crippen molar-refractivity contribution in [2.24, 2.45) is 0 Å². The first-order valence-electron chi connectivity index (χ1n) is 5.99. The van der Waals surface area contributed by atoms with Crippen molar-refractivity contribution in [2.45, 2.75) is 11.1 Å². The molecule has 2 aromatic rings. The Bertz CT molecular complexity index is 742. The number of alkyl halides is 3. The Kier molecular flexibility index (Phi) is 4.32. The number of rotatable bonds is 3. The Labute approximate surface area is 126 Å². The van der Waals surface area contributed by atoms with Crippen LogP contribution < -0.4 is 0 Å². The molecule has 0 saturated heterocycles. The highest BCUT2D eigenvalue weighted by Gasteiger charge is 2.30. The molecule has 2 aromatic carbocycles. The Morgan fingerprint density at radius 3 is 2.14 bits per heavy atom. The smallest absolute Gasteiger partial charge is 0.258 e. The van der Waals surface area contributed by atoms with Crippen molar-refractivity contribution in [1.82, 2.24) is 0 Å². The summed E-state index contributed by atoms with van der Waals surface area (Å²) in [5.41, 5.74) is -0.202. The molecule has 0 aliphatic carbocycles. The normalized spacial score (nSPS) is 12.9. The van der Waals surface area contributed by atoms with Gasteiger partial charge in [0.05, 0.1) is 26.2 Å². The highest BCUT2D eigenvalue weighted by atomic mass is 32.2. The van der Waals surface area contributed by atoms with E-state index >= 15 is 0 Å². The molecule has 0 fully saturated rings. The van der Waals surface area contributed by atoms with Crippen LogP contribution in [-0.2, 0) is 17.0 Å². The molecule has 0 N–H and O–H groups in total. The van der Waals surface area contributed by atoms with Crippen LogP contribution in [0.25, 0.3) is 11.1 Å². The van der Waals surface area contributed by atoms with Crippen molar-refractivity contribution in [3.63, 3.8) is 0 Å². The van der Waals surface area contributed by atoms with E-state index in [2.05, 4.69) is 0 Å². The third kappa shape index (κ3) is 3.33. The standard InChI is InChI=1S/C14H10F3NO3S/c1-22(21)13-8-11(18(19)20)6-7-12(13)9-2-4-10(5-3-9)14(15,16)17/h2-8H,1H3. The minimum Gasteiger partial charge on any atom is -0.258 e. The summed E-state index contributed by atoms with van der Waals surface area (Å²) in [6.07, 6.45) is -3.09. The lowest BCUT2D eigenvalue weighted by molar-refractivity contribution is -0.385. The van der Waals surface area contributed by atoms with E-state index in [1.54, 1.807) is 0 Å². The van der Waals surface area contributed by atoms with Crippen molar-refractivity contribution in [2.75, 3.05) is 6.26 Å². The Morgan fingerprint density at radius 2 is 1.68 bits per heavy atom. The van der Waals surface area contributed by atoms with E-state index in [4.69, 9.17) is 0 Å². The minimum absolute atomic E-state index is 0.203. The molecule has 0 bridgehead atoms. The first kappa shape index (κ1) is 16.2. The van der Waals surface area contributed by atoms with Gasteiger partial charge in [0, 0.05) is 18.4 Å². The molecule has 0 aliphatic heterocycles. The zero-order valence-electron chi connectivity index (χ0n) is 11.3. The van der Waals surface area contributed by atoms with Crippen LogP contribution in [0.5, 0.6) is 0 Å². The van der Waals surface area contributed by atoms with Gasteiger partial charge in [0.25, 0.3) is 5.69 Å². The van der Waals surface area contributed by atoms with Crippen LogP contribution >= 0.6 is 0 Å². The Balaban J connectivity index is 2.52. The summed E-state index contributed by atoms with van der Waals surface area (Å²) in [7, 11) is -1.52. The number of nitro benzene ring substituents is 1. The molecule has 1 atom stereocenters. The summed E-state index contributed by atoms with van der Waals surface area (Å²) < 4.78 is 49.4. The van der Waals surface area contributed by atoms with Crippen LogP contribution in [-0.4, -0.2) is 15.4 Å². The predicted octanol–water partition coefficient (Wildman–Crippen LogP) is 4.02. The highest BCUT2D eigenvalue weighted by molar-refractivity contribution is 7.84. The van der Waals surface area contributed by atoms with E-state index in [1.807, 2.05) is 0 Å². The first-order chi connectivity index (χ1) is 10.2. The summed E-state index contributed by atoms with van der Waals surface area (Å²) in [5.74, 6) is 0. The zero-order valence-corrected chi connectivity index (χ0v) is 12.1. The Hall–Kier alpha value is -2.22. The summed E-state index contributed by atoms with van der Waals surface area (Å²) in [5, 5.41) is 10.8. The van der Waals surface area contributed by atoms with Gasteiger partial charge >= 0.3 is 6.18 Å². The second-order valence-electron chi connectivity index (χ2n) is 4.47. The lowest BCUT2D eigenvalue weighted by atomic mass is 10.0. The van der Waals surface area contributed by atoms with Gasteiger partial charge in [-0.2, -0.15) is 13.2 Å². The van der Waals surface area contributed by atoms with Crippen LogP contribution in [0.15, 0.2) is 47.4 Å². The number of halogens is 3. The largest absolute Gasteiger partial charge is 0.416 e. The first-order valence-corrected chi connectivity index (χ1v) is 7.55. The monoisotopic (exact) mass is 329 g/mol. The third-order valence-corrected chi connectivity index (χ3v) is 3.97. The highest BCUT2D eigenvalue weighted by Crippen LogP contribution is 2.33. The van der Waals surface area contributed by atoms with Crippen molar-refractivity contribution >= 4 is 16.5 Å². The summed E-state index contributed by atoms with van der Waals surface area (Å²) >= 11 is 0. The average molecular weight is 329 g/mol. The number of hydrogen-bond donors (Lipinski definition) is 0. The van der Waals surface area contributed by atoms with Gasteiger partial charge in [0.15, 0.2) is 0 Å². The summed E-state index contributed by atoms with van der Waals surface area (Å²) in [4.78, 5) is 10.3. The molecule has 116 valence electrons. The molecule has 0 heterocycles. The fourth-order valence-electron chi connectivity index (χ4n) is 1.94. The van der Waals surface area contributed by atoms with Gasteiger partial charge < -0.3 is 0 Å². The molecule has 2 rings (SSSR count). The van der Waals surface area contributed by atoms with Crippen LogP contribution in [0.2, 0.25) is 0 Å². The van der Waals surface area contributed by atoms with Gasteiger partial charge in [0.2, 0.25) is 0 Å². The molecule has 0 aromatic heterocycles. The van der Waals surface area contributed by atoms with E-state index in [0.717, 1.165) is 12.1 Å². The van der Waals surface area contributed by atoms with Crippen LogP contribution in [0.3, 0.4) is 0 Å². The molecule has 22 heavy (non-hydrogen) atoms. The summed E-state index contributed by atoms with van der Waals surface area (Å²) in [6, 6.07) is 8.11.